The number of ether oxygens (including phenoxy) is 1. The zero-order chi connectivity index (χ0) is 18.5. The van der Waals surface area contributed by atoms with E-state index in [1.165, 1.54) is 13.2 Å². The number of rotatable bonds is 5. The minimum atomic E-state index is -0.569. The quantitative estimate of drug-likeness (QED) is 0.702. The first-order valence-corrected chi connectivity index (χ1v) is 7.90. The monoisotopic (exact) mass is 351 g/mol. The van der Waals surface area contributed by atoms with Crippen molar-refractivity contribution >= 4 is 11.9 Å². The van der Waals surface area contributed by atoms with Gasteiger partial charge in [0.25, 0.3) is 5.91 Å². The van der Waals surface area contributed by atoms with Gasteiger partial charge in [-0.3, -0.25) is 4.79 Å². The lowest BCUT2D eigenvalue weighted by molar-refractivity contribution is 0.0596. The third-order valence-electron chi connectivity index (χ3n) is 3.80. The summed E-state index contributed by atoms with van der Waals surface area (Å²) in [5, 5.41) is 14.3. The smallest absolute Gasteiger partial charge is 0.338 e. The standard InChI is InChI=1S/C18H17N5O3/c1-12-7-9-13(10-8-12)23-16(20-21-22-23)11-19-17(24)14-5-3-4-6-15(14)18(25)26-2/h3-10H,11H2,1-2H3,(H,19,24). The number of methoxy groups -OCH3 is 1. The van der Waals surface area contributed by atoms with Gasteiger partial charge in [0.1, 0.15) is 0 Å². The molecule has 0 aliphatic carbocycles. The first-order valence-electron chi connectivity index (χ1n) is 7.90. The van der Waals surface area contributed by atoms with E-state index < -0.39 is 11.9 Å². The van der Waals surface area contributed by atoms with E-state index in [2.05, 4.69) is 20.8 Å². The molecule has 26 heavy (non-hydrogen) atoms. The molecule has 8 heteroatoms. The summed E-state index contributed by atoms with van der Waals surface area (Å²) in [4.78, 5) is 24.3. The molecule has 0 fully saturated rings. The SMILES string of the molecule is COC(=O)c1ccccc1C(=O)NCc1nnnn1-c1ccc(C)cc1. The van der Waals surface area contributed by atoms with Crippen molar-refractivity contribution in [2.45, 2.75) is 13.5 Å². The fourth-order valence-electron chi connectivity index (χ4n) is 2.43. The molecule has 3 rings (SSSR count). The van der Waals surface area contributed by atoms with Crippen molar-refractivity contribution in [3.8, 4) is 5.69 Å². The van der Waals surface area contributed by atoms with Gasteiger partial charge in [-0.15, -0.1) is 5.10 Å². The third kappa shape index (κ3) is 3.59. The molecule has 0 radical (unpaired) electrons. The average molecular weight is 351 g/mol. The van der Waals surface area contributed by atoms with E-state index in [4.69, 9.17) is 4.74 Å². The molecule has 1 N–H and O–H groups in total. The number of hydrogen-bond donors (Lipinski definition) is 1. The van der Waals surface area contributed by atoms with Crippen LogP contribution in [0, 0.1) is 6.92 Å². The summed E-state index contributed by atoms with van der Waals surface area (Å²) in [7, 11) is 1.27. The number of aryl methyl sites for hydroxylation is 1. The Morgan fingerprint density at radius 3 is 2.46 bits per heavy atom. The van der Waals surface area contributed by atoms with E-state index in [-0.39, 0.29) is 17.7 Å². The highest BCUT2D eigenvalue weighted by atomic mass is 16.5. The zero-order valence-corrected chi connectivity index (χ0v) is 14.3. The Balaban J connectivity index is 1.77. The summed E-state index contributed by atoms with van der Waals surface area (Å²) in [5.41, 5.74) is 2.34. The Hall–Kier alpha value is -3.55. The summed E-state index contributed by atoms with van der Waals surface area (Å²) in [6.07, 6.45) is 0. The number of esters is 1. The van der Waals surface area contributed by atoms with Crippen LogP contribution in [0.2, 0.25) is 0 Å². The summed E-state index contributed by atoms with van der Waals surface area (Å²) in [5.74, 6) is -0.512. The summed E-state index contributed by atoms with van der Waals surface area (Å²) >= 11 is 0. The van der Waals surface area contributed by atoms with Gasteiger partial charge >= 0.3 is 5.97 Å². The van der Waals surface area contributed by atoms with Crippen molar-refractivity contribution in [2.24, 2.45) is 0 Å². The molecular formula is C18H17N5O3. The maximum atomic E-state index is 12.5. The van der Waals surface area contributed by atoms with Crippen LogP contribution in [0.25, 0.3) is 5.69 Å². The minimum Gasteiger partial charge on any atom is -0.465 e. The molecular weight excluding hydrogens is 334 g/mol. The number of nitrogens with one attached hydrogen (secondary N) is 1. The number of amides is 1. The lowest BCUT2D eigenvalue weighted by Crippen LogP contribution is -2.26. The molecule has 0 saturated carbocycles. The predicted molar refractivity (Wildman–Crippen MR) is 92.8 cm³/mol. The third-order valence-corrected chi connectivity index (χ3v) is 3.80. The Morgan fingerprint density at radius 1 is 1.08 bits per heavy atom. The number of tetrazole rings is 1. The molecule has 2 aromatic carbocycles. The molecule has 0 aliphatic heterocycles. The van der Waals surface area contributed by atoms with Crippen molar-refractivity contribution in [1.29, 1.82) is 0 Å². The molecule has 0 aliphatic rings. The van der Waals surface area contributed by atoms with E-state index in [9.17, 15) is 9.59 Å². The van der Waals surface area contributed by atoms with Crippen LogP contribution in [0.4, 0.5) is 0 Å². The van der Waals surface area contributed by atoms with Gasteiger partial charge in [-0.2, -0.15) is 4.68 Å². The van der Waals surface area contributed by atoms with Crippen LogP contribution in [0.3, 0.4) is 0 Å². The van der Waals surface area contributed by atoms with Crippen LogP contribution < -0.4 is 5.32 Å². The first-order chi connectivity index (χ1) is 12.6. The van der Waals surface area contributed by atoms with Crippen LogP contribution in [0.15, 0.2) is 48.5 Å². The molecule has 1 aromatic heterocycles. The van der Waals surface area contributed by atoms with E-state index >= 15 is 0 Å². The van der Waals surface area contributed by atoms with Crippen LogP contribution in [0.5, 0.6) is 0 Å². The molecule has 0 bridgehead atoms. The van der Waals surface area contributed by atoms with Crippen molar-refractivity contribution in [1.82, 2.24) is 25.5 Å². The predicted octanol–water partition coefficient (Wildman–Crippen LogP) is 1.69. The second-order valence-corrected chi connectivity index (χ2v) is 5.56. The fourth-order valence-corrected chi connectivity index (χ4v) is 2.43. The summed E-state index contributed by atoms with van der Waals surface area (Å²) in [6, 6.07) is 14.1. The van der Waals surface area contributed by atoms with Crippen molar-refractivity contribution < 1.29 is 14.3 Å². The number of aromatic nitrogens is 4. The van der Waals surface area contributed by atoms with Crippen molar-refractivity contribution in [2.75, 3.05) is 7.11 Å². The van der Waals surface area contributed by atoms with Gasteiger partial charge in [-0.25, -0.2) is 4.79 Å². The van der Waals surface area contributed by atoms with Gasteiger partial charge in [0, 0.05) is 0 Å². The highest BCUT2D eigenvalue weighted by molar-refractivity contribution is 6.05. The second kappa shape index (κ2) is 7.56. The van der Waals surface area contributed by atoms with Crippen LogP contribution >= 0.6 is 0 Å². The zero-order valence-electron chi connectivity index (χ0n) is 14.3. The largest absolute Gasteiger partial charge is 0.465 e. The fraction of sp³-hybridized carbons (Fsp3) is 0.167. The number of carbonyl (C=O) groups excluding carboxylic acids is 2. The molecule has 3 aromatic rings. The highest BCUT2D eigenvalue weighted by Gasteiger charge is 2.18. The first kappa shape index (κ1) is 17.3. The molecule has 0 unspecified atom stereocenters. The molecule has 0 spiro atoms. The highest BCUT2D eigenvalue weighted by Crippen LogP contribution is 2.12. The van der Waals surface area contributed by atoms with Gasteiger partial charge < -0.3 is 10.1 Å². The molecule has 8 nitrogen and oxygen atoms in total. The molecule has 132 valence electrons. The van der Waals surface area contributed by atoms with E-state index in [0.717, 1.165) is 11.3 Å². The number of benzene rings is 2. The van der Waals surface area contributed by atoms with Crippen molar-refractivity contribution in [3.05, 3.63) is 71.0 Å². The molecule has 1 heterocycles. The van der Waals surface area contributed by atoms with Gasteiger partial charge in [0.05, 0.1) is 30.5 Å². The van der Waals surface area contributed by atoms with Crippen LogP contribution in [-0.4, -0.2) is 39.2 Å². The Kier molecular flexibility index (Phi) is 5.02. The topological polar surface area (TPSA) is 99.0 Å². The Bertz CT molecular complexity index is 934. The van der Waals surface area contributed by atoms with Crippen molar-refractivity contribution in [3.63, 3.8) is 0 Å². The molecule has 0 atom stereocenters. The van der Waals surface area contributed by atoms with Gasteiger partial charge in [0.15, 0.2) is 5.82 Å². The minimum absolute atomic E-state index is 0.106. The number of nitrogens with zero attached hydrogens (tertiary/aromatic N) is 4. The Morgan fingerprint density at radius 2 is 1.77 bits per heavy atom. The van der Waals surface area contributed by atoms with Crippen LogP contribution in [0.1, 0.15) is 32.1 Å². The van der Waals surface area contributed by atoms with Crippen LogP contribution in [-0.2, 0) is 11.3 Å². The van der Waals surface area contributed by atoms with E-state index in [0.29, 0.717) is 5.82 Å². The van der Waals surface area contributed by atoms with Gasteiger partial charge in [-0.05, 0) is 41.6 Å². The van der Waals surface area contributed by atoms with Gasteiger partial charge in [-0.1, -0.05) is 29.8 Å². The van der Waals surface area contributed by atoms with Gasteiger partial charge in [0.2, 0.25) is 0 Å². The normalized spacial score (nSPS) is 10.4. The lowest BCUT2D eigenvalue weighted by atomic mass is 10.1. The molecule has 0 saturated heterocycles. The maximum Gasteiger partial charge on any atom is 0.338 e. The average Bonchev–Trinajstić information content (AvgIpc) is 3.14. The summed E-state index contributed by atoms with van der Waals surface area (Å²) < 4.78 is 6.26. The number of hydrogen-bond acceptors (Lipinski definition) is 6. The van der Waals surface area contributed by atoms with E-state index in [1.807, 2.05) is 31.2 Å². The maximum absolute atomic E-state index is 12.5. The Labute approximate surface area is 149 Å². The second-order valence-electron chi connectivity index (χ2n) is 5.56. The summed E-state index contributed by atoms with van der Waals surface area (Å²) in [6.45, 7) is 2.10. The van der Waals surface area contributed by atoms with E-state index in [1.54, 1.807) is 22.9 Å². The lowest BCUT2D eigenvalue weighted by Gasteiger charge is -2.09. The molecule has 1 amide bonds. The number of carbonyl (C=O) groups is 2.